The number of Topliss-reactive ketones (excluding diaryl/α,β-unsaturated/α-hetero) is 1. The van der Waals surface area contributed by atoms with Gasteiger partial charge < -0.3 is 0 Å². The highest BCUT2D eigenvalue weighted by atomic mass is 79.9. The molecule has 0 N–H and O–H groups in total. The van der Waals surface area contributed by atoms with E-state index in [4.69, 9.17) is 0 Å². The number of halogens is 1. The molecule has 1 aromatic rings. The van der Waals surface area contributed by atoms with Crippen molar-refractivity contribution in [1.82, 2.24) is 4.90 Å². The van der Waals surface area contributed by atoms with Gasteiger partial charge in [-0.1, -0.05) is 35.3 Å². The maximum atomic E-state index is 12.4. The van der Waals surface area contributed by atoms with Gasteiger partial charge in [-0.25, -0.2) is 4.79 Å². The summed E-state index contributed by atoms with van der Waals surface area (Å²) in [5.74, 6) is -0.321. The van der Waals surface area contributed by atoms with E-state index in [1.165, 1.54) is 18.7 Å². The lowest BCUT2D eigenvalue weighted by molar-refractivity contribution is -0.406. The van der Waals surface area contributed by atoms with Gasteiger partial charge in [0, 0.05) is 5.56 Å². The smallest absolute Gasteiger partial charge is 0.294 e. The summed E-state index contributed by atoms with van der Waals surface area (Å²) >= 11 is 3.28. The molecule has 1 unspecified atom stereocenters. The fourth-order valence-corrected chi connectivity index (χ4v) is 2.94. The van der Waals surface area contributed by atoms with Crippen LogP contribution in [0.2, 0.25) is 0 Å². The molecular weight excluding hydrogens is 376 g/mol. The second-order valence-corrected chi connectivity index (χ2v) is 6.20. The summed E-state index contributed by atoms with van der Waals surface area (Å²) in [5.41, 5.74) is 0.955. The van der Waals surface area contributed by atoms with E-state index in [-0.39, 0.29) is 18.0 Å². The van der Waals surface area contributed by atoms with E-state index in [1.807, 2.05) is 6.07 Å². The molecule has 122 valence electrons. The van der Waals surface area contributed by atoms with Crippen LogP contribution in [0.4, 0.5) is 4.79 Å². The minimum absolute atomic E-state index is 0.0204. The molecule has 0 aliphatic carbocycles. The van der Waals surface area contributed by atoms with Crippen LogP contribution in [0.15, 0.2) is 40.3 Å². The third-order valence-electron chi connectivity index (χ3n) is 3.89. The zero-order valence-electron chi connectivity index (χ0n) is 13.1. The van der Waals surface area contributed by atoms with E-state index in [0.29, 0.717) is 15.9 Å². The number of amidine groups is 1. The summed E-state index contributed by atoms with van der Waals surface area (Å²) in [6.07, 6.45) is 0.0204. The molecule has 1 atom stereocenters. The molecule has 24 heavy (non-hydrogen) atoms. The predicted molar refractivity (Wildman–Crippen MR) is 92.3 cm³/mol. The molecule has 3 rings (SSSR count). The highest BCUT2D eigenvalue weighted by Gasteiger charge is 2.46. The number of benzene rings is 1. The molecule has 0 spiro atoms. The lowest BCUT2D eigenvalue weighted by atomic mass is 10.0. The largest absolute Gasteiger partial charge is 0.445 e. The summed E-state index contributed by atoms with van der Waals surface area (Å²) in [6, 6.07) is 7.47. The second kappa shape index (κ2) is 6.20. The molecule has 2 aliphatic heterocycles. The van der Waals surface area contributed by atoms with E-state index in [9.17, 15) is 14.4 Å². The topological polar surface area (TPSA) is 82.2 Å². The van der Waals surface area contributed by atoms with Crippen LogP contribution in [0.1, 0.15) is 16.8 Å². The van der Waals surface area contributed by atoms with Crippen molar-refractivity contribution >= 4 is 49.8 Å². The monoisotopic (exact) mass is 389 g/mol. The Hall–Kier alpha value is -2.48. The first kappa shape index (κ1) is 16.4. The van der Waals surface area contributed by atoms with Gasteiger partial charge in [0.15, 0.2) is 5.78 Å². The Morgan fingerprint density at radius 3 is 2.62 bits per heavy atom. The first-order chi connectivity index (χ1) is 11.4. The van der Waals surface area contributed by atoms with Gasteiger partial charge in [-0.05, 0) is 15.9 Å². The van der Waals surface area contributed by atoms with Crippen LogP contribution in [-0.4, -0.2) is 63.5 Å². The van der Waals surface area contributed by atoms with Crippen LogP contribution < -0.4 is 0 Å². The van der Waals surface area contributed by atoms with Crippen molar-refractivity contribution < 1.29 is 19.0 Å². The molecule has 0 aromatic heterocycles. The van der Waals surface area contributed by atoms with E-state index in [2.05, 4.69) is 25.9 Å². The van der Waals surface area contributed by atoms with E-state index in [1.54, 1.807) is 24.3 Å². The fourth-order valence-electron chi connectivity index (χ4n) is 2.51. The quantitative estimate of drug-likeness (QED) is 0.580. The van der Waals surface area contributed by atoms with Gasteiger partial charge in [0.2, 0.25) is 10.7 Å². The van der Waals surface area contributed by atoms with Crippen LogP contribution in [-0.2, 0) is 4.79 Å². The van der Waals surface area contributed by atoms with Gasteiger partial charge in [-0.2, -0.15) is 9.48 Å². The normalized spacial score (nSPS) is 20.6. The molecule has 2 heterocycles. The molecule has 3 amide bonds. The molecule has 0 saturated heterocycles. The molecule has 1 aromatic carbocycles. The van der Waals surface area contributed by atoms with Crippen molar-refractivity contribution in [3.63, 3.8) is 0 Å². The summed E-state index contributed by atoms with van der Waals surface area (Å²) in [5, 5.41) is 0. The van der Waals surface area contributed by atoms with Crippen molar-refractivity contribution in [2.45, 2.75) is 12.5 Å². The van der Waals surface area contributed by atoms with Crippen LogP contribution in [0.25, 0.3) is 0 Å². The number of hydrogen-bond donors (Lipinski definition) is 0. The van der Waals surface area contributed by atoms with Gasteiger partial charge in [-0.3, -0.25) is 14.6 Å². The number of carbonyl (C=O) groups excluding carboxylic acids is 3. The van der Waals surface area contributed by atoms with Gasteiger partial charge >= 0.3 is 11.9 Å². The van der Waals surface area contributed by atoms with Crippen molar-refractivity contribution in [2.24, 2.45) is 9.98 Å². The summed E-state index contributed by atoms with van der Waals surface area (Å²) in [7, 11) is 2.93. The van der Waals surface area contributed by atoms with E-state index < -0.39 is 18.0 Å². The third-order valence-corrected chi connectivity index (χ3v) is 4.52. The van der Waals surface area contributed by atoms with E-state index >= 15 is 0 Å². The van der Waals surface area contributed by atoms with E-state index in [0.717, 1.165) is 4.90 Å². The van der Waals surface area contributed by atoms with Gasteiger partial charge in [0.1, 0.15) is 0 Å². The zero-order chi connectivity index (χ0) is 17.4. The van der Waals surface area contributed by atoms with Crippen molar-refractivity contribution in [3.05, 3.63) is 35.9 Å². The number of imide groups is 1. The van der Waals surface area contributed by atoms with Gasteiger partial charge in [0.25, 0.3) is 5.84 Å². The predicted octanol–water partition coefficient (Wildman–Crippen LogP) is 1.51. The molecule has 2 aliphatic rings. The minimum atomic E-state index is -0.905. The highest BCUT2D eigenvalue weighted by molar-refractivity contribution is 9.19. The Balaban J connectivity index is 1.93. The first-order valence-corrected chi connectivity index (χ1v) is 8.01. The van der Waals surface area contributed by atoms with Crippen molar-refractivity contribution in [2.75, 3.05) is 14.1 Å². The minimum Gasteiger partial charge on any atom is -0.294 e. The Morgan fingerprint density at radius 1 is 1.29 bits per heavy atom. The molecule has 8 heteroatoms. The second-order valence-electron chi connectivity index (χ2n) is 5.44. The SMILES string of the molecule is CN1C(=O)C2N=C(CC(=O)c3ccccc3)C(Br)=NC2=[N+](C)C1=O. The zero-order valence-corrected chi connectivity index (χ0v) is 14.6. The molecule has 0 bridgehead atoms. The standard InChI is InChI=1S/C16H14BrN4O3/c1-20-14-12(15(23)21(2)16(20)24)18-10(13(17)19-14)8-11(22)9-6-4-3-5-7-9/h3-7,12H,8H2,1-2H3/q+1. The number of fused-ring (bicyclic) bond motifs is 1. The van der Waals surface area contributed by atoms with Gasteiger partial charge in [0.05, 0.1) is 26.2 Å². The third kappa shape index (κ3) is 2.73. The number of rotatable bonds is 3. The number of hydrogen-bond acceptors (Lipinski definition) is 5. The van der Waals surface area contributed by atoms with Crippen LogP contribution >= 0.6 is 15.9 Å². The number of urea groups is 1. The Morgan fingerprint density at radius 2 is 1.96 bits per heavy atom. The summed E-state index contributed by atoms with van der Waals surface area (Å²) in [6.45, 7) is 0. The van der Waals surface area contributed by atoms with Crippen molar-refractivity contribution in [1.29, 1.82) is 0 Å². The number of carbonyl (C=O) groups is 3. The Kier molecular flexibility index (Phi) is 4.23. The van der Waals surface area contributed by atoms with Crippen LogP contribution in [0.3, 0.4) is 0 Å². The highest BCUT2D eigenvalue weighted by Crippen LogP contribution is 2.18. The Bertz CT molecular complexity index is 842. The average Bonchev–Trinajstić information content (AvgIpc) is 2.60. The maximum absolute atomic E-state index is 12.4. The van der Waals surface area contributed by atoms with Crippen LogP contribution in [0.5, 0.6) is 0 Å². The molecule has 7 nitrogen and oxygen atoms in total. The lowest BCUT2D eigenvalue weighted by Gasteiger charge is -2.24. The van der Waals surface area contributed by atoms with Crippen LogP contribution in [0, 0.1) is 0 Å². The number of likely N-dealkylation sites (N-methyl/N-ethyl adjacent to an activating group) is 1. The summed E-state index contributed by atoms with van der Waals surface area (Å²) in [4.78, 5) is 46.3. The fraction of sp³-hybridized carbons (Fsp3) is 0.250. The average molecular weight is 390 g/mol. The number of ketones is 1. The number of amides is 3. The molecule has 0 radical (unpaired) electrons. The maximum Gasteiger partial charge on any atom is 0.445 e. The number of nitrogens with zero attached hydrogens (tertiary/aromatic N) is 4. The molecule has 0 fully saturated rings. The molecule has 0 saturated carbocycles. The Labute approximate surface area is 146 Å². The molecular formula is C16H14BrN4O3+. The van der Waals surface area contributed by atoms with Crippen molar-refractivity contribution in [3.8, 4) is 0 Å². The summed E-state index contributed by atoms with van der Waals surface area (Å²) < 4.78 is 1.64. The first-order valence-electron chi connectivity index (χ1n) is 7.21. The van der Waals surface area contributed by atoms with Gasteiger partial charge in [-0.15, -0.1) is 0 Å². The number of aliphatic imine (C=N–C) groups is 2. The lowest BCUT2D eigenvalue weighted by Crippen LogP contribution is -2.55.